The van der Waals surface area contributed by atoms with E-state index in [1.165, 1.54) is 11.3 Å². The van der Waals surface area contributed by atoms with E-state index < -0.39 is 5.67 Å². The molecule has 0 radical (unpaired) electrons. The molecular weight excluding hydrogens is 515 g/mol. The fourth-order valence-corrected chi connectivity index (χ4v) is 6.85. The molecule has 6 rings (SSSR count). The standard InChI is InChI=1S/C26H29FN4O4S2/c1-5-23-30-31-11-19(29-25(31)37-23)22-8-18-20(6-17(32-4)7-21(18)35-22)33-12-16-13-36-24(28-16)26(27)9-14(2)34-15(3)10-26/h6-8,11,13-15,23,30H,5,9-10,12H2,1-4H3. The van der Waals surface area contributed by atoms with Gasteiger partial charge < -0.3 is 24.1 Å². The van der Waals surface area contributed by atoms with E-state index in [4.69, 9.17) is 23.6 Å². The molecule has 2 aliphatic heterocycles. The van der Waals surface area contributed by atoms with Crippen molar-refractivity contribution in [2.24, 2.45) is 0 Å². The molecule has 2 aliphatic rings. The Balaban J connectivity index is 1.24. The summed E-state index contributed by atoms with van der Waals surface area (Å²) in [5.74, 6) is 1.86. The third kappa shape index (κ3) is 4.68. The van der Waals surface area contributed by atoms with Gasteiger partial charge >= 0.3 is 0 Å². The molecule has 0 saturated carbocycles. The number of hydrogen-bond donors (Lipinski definition) is 1. The second kappa shape index (κ2) is 9.52. The largest absolute Gasteiger partial charge is 0.496 e. The van der Waals surface area contributed by atoms with Crippen molar-refractivity contribution in [1.82, 2.24) is 14.6 Å². The van der Waals surface area contributed by atoms with Crippen LogP contribution in [0.2, 0.25) is 0 Å². The van der Waals surface area contributed by atoms with Gasteiger partial charge in [-0.25, -0.2) is 19.0 Å². The maximum absolute atomic E-state index is 15.7. The van der Waals surface area contributed by atoms with Gasteiger partial charge in [0.15, 0.2) is 16.6 Å². The number of aromatic nitrogens is 3. The summed E-state index contributed by atoms with van der Waals surface area (Å²) in [7, 11) is 1.60. The number of hydrogen-bond acceptors (Lipinski definition) is 9. The summed E-state index contributed by atoms with van der Waals surface area (Å²) in [5, 5.41) is 4.39. The zero-order chi connectivity index (χ0) is 25.7. The lowest BCUT2D eigenvalue weighted by Gasteiger charge is -2.35. The normalized spacial score (nSPS) is 25.3. The number of thiazole rings is 1. The van der Waals surface area contributed by atoms with Crippen molar-refractivity contribution < 1.29 is 23.0 Å². The fourth-order valence-electron chi connectivity index (χ4n) is 4.98. The number of methoxy groups -OCH3 is 1. The first kappa shape index (κ1) is 24.6. The van der Waals surface area contributed by atoms with Gasteiger partial charge in [0.05, 0.1) is 42.0 Å². The molecule has 4 aromatic rings. The Hall–Kier alpha value is -2.76. The molecule has 8 nitrogen and oxygen atoms in total. The average molecular weight is 545 g/mol. The molecule has 1 fully saturated rings. The maximum atomic E-state index is 15.7. The average Bonchev–Trinajstić information content (AvgIpc) is 3.63. The Labute approximate surface area is 222 Å². The van der Waals surface area contributed by atoms with Crippen molar-refractivity contribution in [2.45, 2.75) is 75.0 Å². The molecule has 3 unspecified atom stereocenters. The van der Waals surface area contributed by atoms with Crippen molar-refractivity contribution in [3.05, 3.63) is 40.5 Å². The zero-order valence-electron chi connectivity index (χ0n) is 21.1. The number of alkyl halides is 1. The number of fused-ring (bicyclic) bond motifs is 2. The van der Waals surface area contributed by atoms with E-state index in [-0.39, 0.29) is 18.8 Å². The monoisotopic (exact) mass is 544 g/mol. The predicted molar refractivity (Wildman–Crippen MR) is 142 cm³/mol. The van der Waals surface area contributed by atoms with Gasteiger partial charge in [-0.1, -0.05) is 18.7 Å². The fraction of sp³-hybridized carbons (Fsp3) is 0.462. The van der Waals surface area contributed by atoms with Gasteiger partial charge in [0.25, 0.3) is 0 Å². The molecule has 1 N–H and O–H groups in total. The van der Waals surface area contributed by atoms with Gasteiger partial charge in [0.2, 0.25) is 0 Å². The van der Waals surface area contributed by atoms with Crippen LogP contribution in [-0.4, -0.2) is 39.3 Å². The van der Waals surface area contributed by atoms with E-state index in [2.05, 4.69) is 17.3 Å². The van der Waals surface area contributed by atoms with Gasteiger partial charge in [-0.05, 0) is 26.3 Å². The highest BCUT2D eigenvalue weighted by Gasteiger charge is 2.42. The van der Waals surface area contributed by atoms with Crippen LogP contribution in [0.25, 0.3) is 22.4 Å². The van der Waals surface area contributed by atoms with Crippen molar-refractivity contribution in [3.63, 3.8) is 0 Å². The maximum Gasteiger partial charge on any atom is 0.189 e. The minimum atomic E-state index is -1.47. The van der Waals surface area contributed by atoms with Crippen LogP contribution in [0.3, 0.4) is 0 Å². The Morgan fingerprint density at radius 2 is 2.03 bits per heavy atom. The number of imidazole rings is 1. The Kier molecular flexibility index (Phi) is 6.32. The molecule has 0 bridgehead atoms. The SMILES string of the molecule is CCC1Nn2cc(-c3cc4c(OCc5csc(C6(F)CC(C)OC(C)C6)n5)cc(OC)cc4o3)nc2S1. The molecule has 0 spiro atoms. The number of rotatable bonds is 7. The molecule has 3 aromatic heterocycles. The first-order valence-electron chi connectivity index (χ1n) is 12.4. The Morgan fingerprint density at radius 1 is 1.22 bits per heavy atom. The van der Waals surface area contributed by atoms with E-state index in [1.54, 1.807) is 18.9 Å². The lowest BCUT2D eigenvalue weighted by atomic mass is 9.90. The third-order valence-corrected chi connectivity index (χ3v) is 8.93. The van der Waals surface area contributed by atoms with E-state index in [9.17, 15) is 0 Å². The summed E-state index contributed by atoms with van der Waals surface area (Å²) in [6.45, 7) is 6.15. The van der Waals surface area contributed by atoms with E-state index >= 15 is 4.39 Å². The molecule has 37 heavy (non-hydrogen) atoms. The van der Waals surface area contributed by atoms with Gasteiger partial charge in [0.1, 0.15) is 34.4 Å². The number of nitrogens with zero attached hydrogens (tertiary/aromatic N) is 3. The number of halogens is 1. The quantitative estimate of drug-likeness (QED) is 0.283. The van der Waals surface area contributed by atoms with Gasteiger partial charge in [-0.2, -0.15) is 0 Å². The van der Waals surface area contributed by atoms with Crippen LogP contribution in [0.15, 0.2) is 39.3 Å². The van der Waals surface area contributed by atoms with E-state index in [1.807, 2.05) is 48.3 Å². The summed E-state index contributed by atoms with van der Waals surface area (Å²) in [6.07, 6.45) is 3.28. The van der Waals surface area contributed by atoms with Crippen LogP contribution in [0.4, 0.5) is 4.39 Å². The molecule has 0 aliphatic carbocycles. The second-order valence-electron chi connectivity index (χ2n) is 9.63. The number of ether oxygens (including phenoxy) is 3. The van der Waals surface area contributed by atoms with Gasteiger partial charge in [-0.15, -0.1) is 11.3 Å². The number of nitrogens with one attached hydrogen (secondary N) is 1. The number of thioether (sulfide) groups is 1. The lowest BCUT2D eigenvalue weighted by Crippen LogP contribution is -2.38. The van der Waals surface area contributed by atoms with Crippen molar-refractivity contribution >= 4 is 34.1 Å². The first-order valence-corrected chi connectivity index (χ1v) is 14.2. The first-order chi connectivity index (χ1) is 17.8. The van der Waals surface area contributed by atoms with Gasteiger partial charge in [-0.3, -0.25) is 0 Å². The molecule has 3 atom stereocenters. The highest BCUT2D eigenvalue weighted by Crippen LogP contribution is 2.43. The van der Waals surface area contributed by atoms with Crippen LogP contribution < -0.4 is 14.9 Å². The van der Waals surface area contributed by atoms with Crippen LogP contribution in [0.1, 0.15) is 50.7 Å². The van der Waals surface area contributed by atoms with E-state index in [0.717, 1.165) is 22.7 Å². The highest BCUT2D eigenvalue weighted by molar-refractivity contribution is 8.00. The second-order valence-corrected chi connectivity index (χ2v) is 11.7. The molecular formula is C26H29FN4O4S2. The number of furan rings is 1. The lowest BCUT2D eigenvalue weighted by molar-refractivity contribution is -0.101. The van der Waals surface area contributed by atoms with Crippen molar-refractivity contribution in [2.75, 3.05) is 12.5 Å². The Bertz CT molecular complexity index is 1400. The molecule has 5 heterocycles. The van der Waals surface area contributed by atoms with Crippen LogP contribution in [-0.2, 0) is 17.0 Å². The molecule has 196 valence electrons. The topological polar surface area (TPSA) is 83.6 Å². The van der Waals surface area contributed by atoms with E-state index in [0.29, 0.717) is 51.8 Å². The predicted octanol–water partition coefficient (Wildman–Crippen LogP) is 6.48. The highest BCUT2D eigenvalue weighted by atomic mass is 32.2. The Morgan fingerprint density at radius 3 is 2.76 bits per heavy atom. The summed E-state index contributed by atoms with van der Waals surface area (Å²) in [5.41, 5.74) is 3.98. The summed E-state index contributed by atoms with van der Waals surface area (Å²) in [6, 6.07) is 5.58. The van der Waals surface area contributed by atoms with Crippen LogP contribution in [0, 0.1) is 0 Å². The molecule has 0 amide bonds. The summed E-state index contributed by atoms with van der Waals surface area (Å²) >= 11 is 3.04. The van der Waals surface area contributed by atoms with Gasteiger partial charge in [0, 0.05) is 30.4 Å². The summed E-state index contributed by atoms with van der Waals surface area (Å²) in [4.78, 5) is 9.32. The minimum absolute atomic E-state index is 0.142. The number of benzene rings is 1. The molecule has 11 heteroatoms. The minimum Gasteiger partial charge on any atom is -0.496 e. The molecule has 1 saturated heterocycles. The van der Waals surface area contributed by atoms with Crippen LogP contribution >= 0.6 is 23.1 Å². The summed E-state index contributed by atoms with van der Waals surface area (Å²) < 4.78 is 41.2. The molecule has 1 aromatic carbocycles. The zero-order valence-corrected chi connectivity index (χ0v) is 22.7. The van der Waals surface area contributed by atoms with Crippen molar-refractivity contribution in [1.29, 1.82) is 0 Å². The third-order valence-electron chi connectivity index (χ3n) is 6.63. The van der Waals surface area contributed by atoms with Crippen LogP contribution in [0.5, 0.6) is 11.5 Å². The smallest absolute Gasteiger partial charge is 0.189 e. The van der Waals surface area contributed by atoms with Crippen molar-refractivity contribution in [3.8, 4) is 23.0 Å².